The Bertz CT molecular complexity index is 303. The van der Waals surface area contributed by atoms with E-state index in [1.54, 1.807) is 6.07 Å². The van der Waals surface area contributed by atoms with Crippen LogP contribution in [0.25, 0.3) is 0 Å². The van der Waals surface area contributed by atoms with Crippen LogP contribution in [0.3, 0.4) is 0 Å². The van der Waals surface area contributed by atoms with Gasteiger partial charge in [-0.2, -0.15) is 0 Å². The monoisotopic (exact) mass is 179 g/mol. The topological polar surface area (TPSA) is 12.0 Å². The molecule has 1 atom stereocenters. The Morgan fingerprint density at radius 1 is 1.46 bits per heavy atom. The molecule has 0 spiro atoms. The Kier molecular flexibility index (Phi) is 2.32. The van der Waals surface area contributed by atoms with Gasteiger partial charge in [-0.3, -0.25) is 0 Å². The van der Waals surface area contributed by atoms with Crippen molar-refractivity contribution in [3.05, 3.63) is 35.1 Å². The van der Waals surface area contributed by atoms with E-state index in [-0.39, 0.29) is 5.82 Å². The molecule has 13 heavy (non-hydrogen) atoms. The van der Waals surface area contributed by atoms with Crippen LogP contribution in [-0.4, -0.2) is 6.54 Å². The highest BCUT2D eigenvalue weighted by Gasteiger charge is 2.17. The molecule has 1 saturated heterocycles. The third-order valence-corrected chi connectivity index (χ3v) is 2.68. The Morgan fingerprint density at radius 3 is 3.00 bits per heavy atom. The molecule has 0 aliphatic carbocycles. The number of benzene rings is 1. The lowest BCUT2D eigenvalue weighted by molar-refractivity contribution is 0.604. The smallest absolute Gasteiger partial charge is 0.123 e. The van der Waals surface area contributed by atoms with Crippen molar-refractivity contribution in [2.45, 2.75) is 25.8 Å². The van der Waals surface area contributed by atoms with E-state index in [1.807, 2.05) is 13.0 Å². The zero-order chi connectivity index (χ0) is 9.26. The van der Waals surface area contributed by atoms with E-state index < -0.39 is 0 Å². The fraction of sp³-hybridized carbons (Fsp3) is 0.455. The molecule has 2 rings (SSSR count). The first kappa shape index (κ1) is 8.70. The third-order valence-electron chi connectivity index (χ3n) is 2.68. The van der Waals surface area contributed by atoms with Crippen LogP contribution < -0.4 is 5.32 Å². The van der Waals surface area contributed by atoms with Gasteiger partial charge in [0.1, 0.15) is 5.82 Å². The van der Waals surface area contributed by atoms with Gasteiger partial charge in [0.2, 0.25) is 0 Å². The van der Waals surface area contributed by atoms with E-state index in [2.05, 4.69) is 5.32 Å². The molecule has 1 aromatic carbocycles. The van der Waals surface area contributed by atoms with Crippen LogP contribution in [0.1, 0.15) is 30.0 Å². The van der Waals surface area contributed by atoms with Crippen LogP contribution in [0.15, 0.2) is 18.2 Å². The van der Waals surface area contributed by atoms with Crippen molar-refractivity contribution in [1.82, 2.24) is 5.32 Å². The van der Waals surface area contributed by atoms with Gasteiger partial charge in [-0.25, -0.2) is 4.39 Å². The van der Waals surface area contributed by atoms with E-state index in [1.165, 1.54) is 18.1 Å². The maximum absolute atomic E-state index is 13.0. The Hall–Kier alpha value is -0.890. The Labute approximate surface area is 78.0 Å². The third kappa shape index (κ3) is 1.73. The minimum absolute atomic E-state index is 0.130. The molecule has 1 N–H and O–H groups in total. The van der Waals surface area contributed by atoms with Crippen molar-refractivity contribution < 1.29 is 4.39 Å². The van der Waals surface area contributed by atoms with Gasteiger partial charge in [0.05, 0.1) is 0 Å². The van der Waals surface area contributed by atoms with Crippen molar-refractivity contribution in [3.8, 4) is 0 Å². The van der Waals surface area contributed by atoms with E-state index >= 15 is 0 Å². The molecule has 1 nitrogen and oxygen atoms in total. The number of aryl methyl sites for hydroxylation is 1. The van der Waals surface area contributed by atoms with E-state index in [0.717, 1.165) is 18.5 Å². The molecule has 0 aromatic heterocycles. The van der Waals surface area contributed by atoms with Crippen LogP contribution in [0.5, 0.6) is 0 Å². The molecule has 70 valence electrons. The molecular formula is C11H14FN. The van der Waals surface area contributed by atoms with Gasteiger partial charge in [-0.15, -0.1) is 0 Å². The van der Waals surface area contributed by atoms with Crippen LogP contribution in [-0.2, 0) is 0 Å². The lowest BCUT2D eigenvalue weighted by atomic mass is 10.00. The Morgan fingerprint density at radius 2 is 2.31 bits per heavy atom. The van der Waals surface area contributed by atoms with Gasteiger partial charge in [0.15, 0.2) is 0 Å². The molecule has 1 fully saturated rings. The van der Waals surface area contributed by atoms with Crippen molar-refractivity contribution in [2.24, 2.45) is 0 Å². The minimum Gasteiger partial charge on any atom is -0.310 e. The Balaban J connectivity index is 2.32. The molecule has 0 bridgehead atoms. The standard InChI is InChI=1S/C11H14FN/c1-8-4-5-9(12)7-10(8)11-3-2-6-13-11/h4-5,7,11,13H,2-3,6H2,1H3/t11-/m0/s1. The molecular weight excluding hydrogens is 165 g/mol. The van der Waals surface area contributed by atoms with Crippen molar-refractivity contribution in [3.63, 3.8) is 0 Å². The maximum atomic E-state index is 13.0. The summed E-state index contributed by atoms with van der Waals surface area (Å²) in [5, 5.41) is 3.37. The molecule has 1 aromatic rings. The predicted molar refractivity (Wildman–Crippen MR) is 51.1 cm³/mol. The molecule has 0 unspecified atom stereocenters. The number of rotatable bonds is 1. The highest BCUT2D eigenvalue weighted by molar-refractivity contribution is 5.30. The first-order valence-electron chi connectivity index (χ1n) is 4.77. The van der Waals surface area contributed by atoms with Crippen molar-refractivity contribution in [2.75, 3.05) is 6.54 Å². The zero-order valence-electron chi connectivity index (χ0n) is 7.81. The van der Waals surface area contributed by atoms with Crippen LogP contribution in [0.2, 0.25) is 0 Å². The first-order valence-corrected chi connectivity index (χ1v) is 4.77. The lowest BCUT2D eigenvalue weighted by Crippen LogP contribution is -2.14. The van der Waals surface area contributed by atoms with Crippen LogP contribution in [0, 0.1) is 12.7 Å². The molecule has 1 heterocycles. The molecule has 2 heteroatoms. The largest absolute Gasteiger partial charge is 0.310 e. The summed E-state index contributed by atoms with van der Waals surface area (Å²) in [5.41, 5.74) is 2.30. The maximum Gasteiger partial charge on any atom is 0.123 e. The molecule has 0 saturated carbocycles. The summed E-state index contributed by atoms with van der Waals surface area (Å²) in [6.07, 6.45) is 2.32. The summed E-state index contributed by atoms with van der Waals surface area (Å²) in [6, 6.07) is 5.40. The summed E-state index contributed by atoms with van der Waals surface area (Å²) in [5.74, 6) is -0.130. The fourth-order valence-electron chi connectivity index (χ4n) is 1.94. The minimum atomic E-state index is -0.130. The summed E-state index contributed by atoms with van der Waals surface area (Å²) in [6.45, 7) is 3.09. The van der Waals surface area contributed by atoms with Crippen LogP contribution in [0.4, 0.5) is 4.39 Å². The summed E-state index contributed by atoms with van der Waals surface area (Å²) >= 11 is 0. The number of nitrogens with one attached hydrogen (secondary N) is 1. The summed E-state index contributed by atoms with van der Waals surface area (Å²) in [7, 11) is 0. The van der Waals surface area contributed by atoms with Gasteiger partial charge in [0.25, 0.3) is 0 Å². The summed E-state index contributed by atoms with van der Waals surface area (Å²) in [4.78, 5) is 0. The number of hydrogen-bond donors (Lipinski definition) is 1. The number of hydrogen-bond acceptors (Lipinski definition) is 1. The second-order valence-corrected chi connectivity index (χ2v) is 3.65. The average molecular weight is 179 g/mol. The van der Waals surface area contributed by atoms with Crippen molar-refractivity contribution in [1.29, 1.82) is 0 Å². The first-order chi connectivity index (χ1) is 6.27. The van der Waals surface area contributed by atoms with E-state index in [9.17, 15) is 4.39 Å². The number of halogens is 1. The highest BCUT2D eigenvalue weighted by atomic mass is 19.1. The van der Waals surface area contributed by atoms with Gasteiger partial charge in [-0.1, -0.05) is 6.07 Å². The lowest BCUT2D eigenvalue weighted by Gasteiger charge is -2.13. The predicted octanol–water partition coefficient (Wildman–Crippen LogP) is 2.56. The summed E-state index contributed by atoms with van der Waals surface area (Å²) < 4.78 is 13.0. The molecule has 0 radical (unpaired) electrons. The van der Waals surface area contributed by atoms with Gasteiger partial charge >= 0.3 is 0 Å². The fourth-order valence-corrected chi connectivity index (χ4v) is 1.94. The average Bonchev–Trinajstić information content (AvgIpc) is 2.61. The second kappa shape index (κ2) is 3.46. The second-order valence-electron chi connectivity index (χ2n) is 3.65. The molecule has 1 aliphatic heterocycles. The van der Waals surface area contributed by atoms with Gasteiger partial charge in [-0.05, 0) is 49.6 Å². The van der Waals surface area contributed by atoms with Crippen LogP contribution >= 0.6 is 0 Å². The highest BCUT2D eigenvalue weighted by Crippen LogP contribution is 2.26. The van der Waals surface area contributed by atoms with Gasteiger partial charge < -0.3 is 5.32 Å². The van der Waals surface area contributed by atoms with Crippen molar-refractivity contribution >= 4 is 0 Å². The molecule has 1 aliphatic rings. The zero-order valence-corrected chi connectivity index (χ0v) is 7.81. The molecule has 0 amide bonds. The van der Waals surface area contributed by atoms with Gasteiger partial charge in [0, 0.05) is 6.04 Å². The quantitative estimate of drug-likeness (QED) is 0.698. The van der Waals surface area contributed by atoms with E-state index in [4.69, 9.17) is 0 Å². The van der Waals surface area contributed by atoms with E-state index in [0.29, 0.717) is 6.04 Å². The normalized spacial score (nSPS) is 22.2. The SMILES string of the molecule is Cc1ccc(F)cc1[C@@H]1CCCN1.